The summed E-state index contributed by atoms with van der Waals surface area (Å²) < 4.78 is 8.92. The average Bonchev–Trinajstić information content (AvgIpc) is 3.95. The summed E-state index contributed by atoms with van der Waals surface area (Å²) in [5.41, 5.74) is 17.8. The number of benzene rings is 11. The third kappa shape index (κ3) is 6.67. The van der Waals surface area contributed by atoms with Crippen LogP contribution in [0.4, 0.5) is 17.1 Å². The molecule has 3 heteroatoms. The molecule has 0 radical (unpaired) electrons. The van der Waals surface area contributed by atoms with Gasteiger partial charge in [-0.1, -0.05) is 188 Å². The second-order valence-electron chi connectivity index (χ2n) is 17.3. The van der Waals surface area contributed by atoms with Crippen molar-refractivity contribution in [1.82, 2.24) is 4.57 Å². The molecule has 0 bridgehead atoms. The van der Waals surface area contributed by atoms with E-state index in [4.69, 9.17) is 4.42 Å². The van der Waals surface area contributed by atoms with Crippen LogP contribution in [0.2, 0.25) is 0 Å². The van der Waals surface area contributed by atoms with Gasteiger partial charge < -0.3 is 13.9 Å². The first-order valence-corrected chi connectivity index (χ1v) is 22.9. The van der Waals surface area contributed by atoms with Crippen LogP contribution in [0.25, 0.3) is 105 Å². The number of fused-ring (bicyclic) bond motifs is 7. The van der Waals surface area contributed by atoms with E-state index in [0.29, 0.717) is 0 Å². The predicted molar refractivity (Wildman–Crippen MR) is 282 cm³/mol. The summed E-state index contributed by atoms with van der Waals surface area (Å²) >= 11 is 0. The molecule has 0 amide bonds. The van der Waals surface area contributed by atoms with Gasteiger partial charge in [-0.15, -0.1) is 0 Å². The Kier molecular flexibility index (Phi) is 9.17. The molecule has 11 aromatic carbocycles. The van der Waals surface area contributed by atoms with Gasteiger partial charge in [-0.3, -0.25) is 0 Å². The molecule has 0 saturated carbocycles. The molecule has 0 N–H and O–H groups in total. The van der Waals surface area contributed by atoms with Gasteiger partial charge >= 0.3 is 0 Å². The molecule has 0 aliphatic carbocycles. The fraction of sp³-hybridized carbons (Fsp3) is 0. The third-order valence-electron chi connectivity index (χ3n) is 13.4. The van der Waals surface area contributed by atoms with E-state index in [1.165, 1.54) is 60.5 Å². The highest BCUT2D eigenvalue weighted by atomic mass is 16.3. The van der Waals surface area contributed by atoms with E-state index in [0.717, 1.165) is 61.3 Å². The van der Waals surface area contributed by atoms with Crippen molar-refractivity contribution in [3.63, 3.8) is 0 Å². The molecular weight excluding hydrogens is 813 g/mol. The highest BCUT2D eigenvalue weighted by molar-refractivity contribution is 6.11. The first-order valence-electron chi connectivity index (χ1n) is 22.9. The summed E-state index contributed by atoms with van der Waals surface area (Å²) in [5, 5.41) is 7.25. The zero-order valence-electron chi connectivity index (χ0n) is 36.6. The smallest absolute Gasteiger partial charge is 0.143 e. The number of furan rings is 1. The Morgan fingerprint density at radius 3 is 1.55 bits per heavy atom. The molecule has 0 aliphatic rings. The maximum absolute atomic E-state index is 6.52. The van der Waals surface area contributed by atoms with Crippen LogP contribution in [0, 0.1) is 0 Å². The van der Waals surface area contributed by atoms with Crippen LogP contribution in [0.3, 0.4) is 0 Å². The van der Waals surface area contributed by atoms with Gasteiger partial charge in [0.15, 0.2) is 0 Å². The Morgan fingerprint density at radius 1 is 0.299 bits per heavy atom. The number of rotatable bonds is 8. The number of anilines is 3. The number of nitrogens with zero attached hydrogens (tertiary/aromatic N) is 2. The maximum atomic E-state index is 6.52. The fourth-order valence-electron chi connectivity index (χ4n) is 10.1. The molecule has 3 nitrogen and oxygen atoms in total. The molecule has 0 spiro atoms. The van der Waals surface area contributed by atoms with Crippen molar-refractivity contribution < 1.29 is 4.42 Å². The Balaban J connectivity index is 0.866. The summed E-state index contributed by atoms with van der Waals surface area (Å²) in [6.45, 7) is 0. The Bertz CT molecular complexity index is 3920. The van der Waals surface area contributed by atoms with Gasteiger partial charge in [-0.25, -0.2) is 0 Å². The van der Waals surface area contributed by atoms with Crippen molar-refractivity contribution in [2.45, 2.75) is 0 Å². The average molecular weight is 855 g/mol. The molecule has 0 atom stereocenters. The van der Waals surface area contributed by atoms with E-state index in [1.807, 2.05) is 12.1 Å². The first kappa shape index (κ1) is 38.5. The van der Waals surface area contributed by atoms with E-state index >= 15 is 0 Å². The van der Waals surface area contributed by atoms with Crippen molar-refractivity contribution in [3.8, 4) is 50.2 Å². The zero-order chi connectivity index (χ0) is 44.3. The Labute approximate surface area is 388 Å². The summed E-state index contributed by atoms with van der Waals surface area (Å²) in [7, 11) is 0. The van der Waals surface area contributed by atoms with Gasteiger partial charge in [-0.05, 0) is 111 Å². The maximum Gasteiger partial charge on any atom is 0.143 e. The Hall–Kier alpha value is -8.92. The summed E-state index contributed by atoms with van der Waals surface area (Å²) in [4.78, 5) is 2.35. The highest BCUT2D eigenvalue weighted by Gasteiger charge is 2.18. The SMILES string of the molecule is c1cc(-c2cccc3c2oc2ccccc23)cc(N(c2ccc(-c3ccc(-c4ccccc4-n4c5ccccc5c5ccccc54)cc3)cc2)c2ccc(-c3ccc4ccccc4c3)cc2)c1. The van der Waals surface area contributed by atoms with E-state index in [2.05, 4.69) is 252 Å². The third-order valence-corrected chi connectivity index (χ3v) is 13.4. The lowest BCUT2D eigenvalue weighted by molar-refractivity contribution is 0.670. The molecule has 0 fully saturated rings. The largest absolute Gasteiger partial charge is 0.455 e. The minimum atomic E-state index is 0.896. The summed E-state index contributed by atoms with van der Waals surface area (Å²) in [6.07, 6.45) is 0. The van der Waals surface area contributed by atoms with Crippen LogP contribution in [0.1, 0.15) is 0 Å². The molecule has 13 aromatic rings. The molecular formula is C64H42N2O. The van der Waals surface area contributed by atoms with Gasteiger partial charge in [0, 0.05) is 49.7 Å². The van der Waals surface area contributed by atoms with E-state index in [-0.39, 0.29) is 0 Å². The lowest BCUT2D eigenvalue weighted by atomic mass is 9.98. The van der Waals surface area contributed by atoms with Crippen molar-refractivity contribution in [2.24, 2.45) is 0 Å². The van der Waals surface area contributed by atoms with Gasteiger partial charge in [0.2, 0.25) is 0 Å². The van der Waals surface area contributed by atoms with Crippen molar-refractivity contribution in [2.75, 3.05) is 4.90 Å². The molecule has 314 valence electrons. The number of para-hydroxylation sites is 5. The molecule has 2 heterocycles. The molecule has 13 rings (SSSR count). The van der Waals surface area contributed by atoms with Crippen LogP contribution in [0.5, 0.6) is 0 Å². The van der Waals surface area contributed by atoms with Gasteiger partial charge in [0.05, 0.1) is 16.7 Å². The molecule has 2 aromatic heterocycles. The van der Waals surface area contributed by atoms with E-state index in [9.17, 15) is 0 Å². The summed E-state index contributed by atoms with van der Waals surface area (Å²) in [5.74, 6) is 0. The van der Waals surface area contributed by atoms with Crippen molar-refractivity contribution in [1.29, 1.82) is 0 Å². The summed E-state index contributed by atoms with van der Waals surface area (Å²) in [6, 6.07) is 91.8. The van der Waals surface area contributed by atoms with Crippen LogP contribution in [0.15, 0.2) is 259 Å². The van der Waals surface area contributed by atoms with Crippen molar-refractivity contribution >= 4 is 71.6 Å². The van der Waals surface area contributed by atoms with Crippen LogP contribution < -0.4 is 4.90 Å². The fourth-order valence-corrected chi connectivity index (χ4v) is 10.1. The Morgan fingerprint density at radius 2 is 0.821 bits per heavy atom. The number of hydrogen-bond acceptors (Lipinski definition) is 2. The zero-order valence-corrected chi connectivity index (χ0v) is 36.6. The van der Waals surface area contributed by atoms with E-state index in [1.54, 1.807) is 0 Å². The number of aromatic nitrogens is 1. The molecule has 0 unspecified atom stereocenters. The van der Waals surface area contributed by atoms with Gasteiger partial charge in [0.25, 0.3) is 0 Å². The topological polar surface area (TPSA) is 21.3 Å². The predicted octanol–water partition coefficient (Wildman–Crippen LogP) is 18.0. The van der Waals surface area contributed by atoms with Crippen molar-refractivity contribution in [3.05, 3.63) is 255 Å². The van der Waals surface area contributed by atoms with Gasteiger partial charge in [-0.2, -0.15) is 0 Å². The van der Waals surface area contributed by atoms with Crippen LogP contribution in [-0.4, -0.2) is 4.57 Å². The lowest BCUT2D eigenvalue weighted by Crippen LogP contribution is -2.10. The monoisotopic (exact) mass is 854 g/mol. The van der Waals surface area contributed by atoms with Gasteiger partial charge in [0.1, 0.15) is 11.2 Å². The minimum absolute atomic E-state index is 0.896. The molecule has 0 aliphatic heterocycles. The number of hydrogen-bond donors (Lipinski definition) is 0. The van der Waals surface area contributed by atoms with Crippen LogP contribution >= 0.6 is 0 Å². The van der Waals surface area contributed by atoms with E-state index < -0.39 is 0 Å². The lowest BCUT2D eigenvalue weighted by Gasteiger charge is -2.26. The normalized spacial score (nSPS) is 11.6. The van der Waals surface area contributed by atoms with Crippen LogP contribution in [-0.2, 0) is 0 Å². The molecule has 0 saturated heterocycles. The quantitative estimate of drug-likeness (QED) is 0.152. The standard InChI is InChI=1S/C64H42N2O/c1-2-14-48-41-49(32-29-43(48)13-1)46-35-39-52(40-36-46)65(53-16-11-15-50(42-53)55-21-12-22-59-58-20-6-10-26-63(58)67-64(55)59)51-37-33-45(34-38-51)44-27-30-47(31-28-44)54-17-3-7-23-60(54)66-61-24-8-4-18-56(61)57-19-5-9-25-62(57)66/h1-42H. The minimum Gasteiger partial charge on any atom is -0.455 e. The highest BCUT2D eigenvalue weighted by Crippen LogP contribution is 2.42. The second kappa shape index (κ2) is 16.0. The first-order chi connectivity index (χ1) is 33.2. The molecule has 67 heavy (non-hydrogen) atoms. The second-order valence-corrected chi connectivity index (χ2v) is 17.3.